The molecule has 1 aromatic carbocycles. The third-order valence-corrected chi connectivity index (χ3v) is 5.83. The number of aromatic nitrogens is 2. The van der Waals surface area contributed by atoms with Crippen LogP contribution in [0.25, 0.3) is 0 Å². The first kappa shape index (κ1) is 24.0. The van der Waals surface area contributed by atoms with Gasteiger partial charge in [0, 0.05) is 39.3 Å². The lowest BCUT2D eigenvalue weighted by Crippen LogP contribution is -2.49. The van der Waals surface area contributed by atoms with Crippen molar-refractivity contribution in [2.45, 2.75) is 58.4 Å². The van der Waals surface area contributed by atoms with Crippen molar-refractivity contribution in [3.63, 3.8) is 0 Å². The van der Waals surface area contributed by atoms with E-state index in [1.807, 2.05) is 31.6 Å². The number of rotatable bonds is 5. The first-order chi connectivity index (χ1) is 16.3. The summed E-state index contributed by atoms with van der Waals surface area (Å²) in [6.07, 6.45) is 4.65. The highest BCUT2D eigenvalue weighted by Crippen LogP contribution is 2.30. The summed E-state index contributed by atoms with van der Waals surface area (Å²) in [5.41, 5.74) is 0.908. The molecule has 0 spiro atoms. The van der Waals surface area contributed by atoms with Gasteiger partial charge in [-0.2, -0.15) is 10.4 Å². The van der Waals surface area contributed by atoms with Crippen molar-refractivity contribution in [3.8, 4) is 17.6 Å². The van der Waals surface area contributed by atoms with E-state index in [1.54, 1.807) is 29.2 Å². The molecule has 2 fully saturated rings. The number of ether oxygens (including phenoxy) is 3. The minimum atomic E-state index is -0.500. The second-order valence-corrected chi connectivity index (χ2v) is 9.72. The van der Waals surface area contributed by atoms with Crippen molar-refractivity contribution >= 4 is 6.09 Å². The molecule has 4 rings (SSSR count). The van der Waals surface area contributed by atoms with E-state index < -0.39 is 5.60 Å². The molecule has 9 heteroatoms. The lowest BCUT2D eigenvalue weighted by atomic mass is 10.2. The van der Waals surface area contributed by atoms with Crippen LogP contribution < -0.4 is 4.74 Å². The van der Waals surface area contributed by atoms with E-state index in [4.69, 9.17) is 24.6 Å². The van der Waals surface area contributed by atoms with Gasteiger partial charge in [-0.15, -0.1) is 0 Å². The molecule has 1 amide bonds. The van der Waals surface area contributed by atoms with E-state index in [2.05, 4.69) is 11.0 Å². The Morgan fingerprint density at radius 2 is 1.91 bits per heavy atom. The largest absolute Gasteiger partial charge is 0.454 e. The maximum absolute atomic E-state index is 12.4. The molecule has 0 radical (unpaired) electrons. The zero-order chi connectivity index (χ0) is 24.1. The van der Waals surface area contributed by atoms with Crippen LogP contribution in [-0.2, 0) is 16.0 Å². The van der Waals surface area contributed by atoms with Gasteiger partial charge in [0.1, 0.15) is 23.3 Å². The molecule has 0 unspecified atom stereocenters. The van der Waals surface area contributed by atoms with E-state index in [1.165, 1.54) is 0 Å². The predicted molar refractivity (Wildman–Crippen MR) is 125 cm³/mol. The van der Waals surface area contributed by atoms with E-state index in [9.17, 15) is 4.79 Å². The first-order valence-corrected chi connectivity index (χ1v) is 11.9. The summed E-state index contributed by atoms with van der Waals surface area (Å²) in [5, 5.41) is 13.9. The number of piperazine rings is 1. The Morgan fingerprint density at radius 3 is 2.53 bits per heavy atom. The molecule has 2 saturated heterocycles. The highest BCUT2D eigenvalue weighted by atomic mass is 16.6. The van der Waals surface area contributed by atoms with Gasteiger partial charge in [0.2, 0.25) is 0 Å². The molecular weight excluding hydrogens is 434 g/mol. The first-order valence-electron chi connectivity index (χ1n) is 11.9. The summed E-state index contributed by atoms with van der Waals surface area (Å²) in [4.78, 5) is 16.4. The van der Waals surface area contributed by atoms with Crippen molar-refractivity contribution in [1.82, 2.24) is 19.6 Å². The molecule has 0 N–H and O–H groups in total. The molecule has 1 atom stereocenters. The maximum Gasteiger partial charge on any atom is 0.410 e. The Hall–Kier alpha value is -3.09. The van der Waals surface area contributed by atoms with Crippen LogP contribution in [0.3, 0.4) is 0 Å². The van der Waals surface area contributed by atoms with Crippen molar-refractivity contribution in [2.75, 3.05) is 32.8 Å². The van der Waals surface area contributed by atoms with Crippen molar-refractivity contribution in [2.24, 2.45) is 0 Å². The summed E-state index contributed by atoms with van der Waals surface area (Å²) in [6.45, 7) is 9.63. The van der Waals surface area contributed by atoms with Crippen molar-refractivity contribution < 1.29 is 19.0 Å². The summed E-state index contributed by atoms with van der Waals surface area (Å²) in [7, 11) is 0. The monoisotopic (exact) mass is 467 g/mol. The Kier molecular flexibility index (Phi) is 7.39. The van der Waals surface area contributed by atoms with Crippen LogP contribution in [0.2, 0.25) is 0 Å². The second kappa shape index (κ2) is 10.5. The lowest BCUT2D eigenvalue weighted by molar-refractivity contribution is -0.0399. The Balaban J connectivity index is 1.45. The molecule has 0 saturated carbocycles. The zero-order valence-electron chi connectivity index (χ0n) is 20.2. The average molecular weight is 468 g/mol. The van der Waals surface area contributed by atoms with E-state index in [-0.39, 0.29) is 12.3 Å². The summed E-state index contributed by atoms with van der Waals surface area (Å²) in [6, 6.07) is 9.17. The molecule has 9 nitrogen and oxygen atoms in total. The van der Waals surface area contributed by atoms with Gasteiger partial charge in [0.25, 0.3) is 0 Å². The predicted octanol–water partition coefficient (Wildman–Crippen LogP) is 4.30. The fourth-order valence-electron chi connectivity index (χ4n) is 4.04. The number of hydrogen-bond acceptors (Lipinski definition) is 7. The van der Waals surface area contributed by atoms with Gasteiger partial charge in [-0.25, -0.2) is 9.48 Å². The van der Waals surface area contributed by atoms with Crippen LogP contribution >= 0.6 is 0 Å². The molecule has 0 aliphatic carbocycles. The SMILES string of the molecule is CC(C)(C)OC(=O)N1CCN(Cc2nn([C@H]3CCCCO3)cc2Oc2ccc(C#N)cc2)CC1. The number of nitrogens with zero attached hydrogens (tertiary/aromatic N) is 5. The van der Waals surface area contributed by atoms with Gasteiger partial charge in [-0.3, -0.25) is 4.90 Å². The number of benzene rings is 1. The van der Waals surface area contributed by atoms with Crippen molar-refractivity contribution in [3.05, 3.63) is 41.7 Å². The van der Waals surface area contributed by atoms with Gasteiger partial charge < -0.3 is 19.1 Å². The molecule has 2 aromatic rings. The van der Waals surface area contributed by atoms with Crippen LogP contribution in [0.15, 0.2) is 30.5 Å². The fraction of sp³-hybridized carbons (Fsp3) is 0.560. The minimum absolute atomic E-state index is 0.0881. The number of carbonyl (C=O) groups excluding carboxylic acids is 1. The summed E-state index contributed by atoms with van der Waals surface area (Å²) >= 11 is 0. The average Bonchev–Trinajstić information content (AvgIpc) is 3.21. The number of nitriles is 1. The lowest BCUT2D eigenvalue weighted by Gasteiger charge is -2.35. The normalized spacial score (nSPS) is 19.5. The number of hydrogen-bond donors (Lipinski definition) is 0. The topological polar surface area (TPSA) is 92.8 Å². The molecule has 0 bridgehead atoms. The van der Waals surface area contributed by atoms with Gasteiger partial charge in [-0.05, 0) is 64.3 Å². The Morgan fingerprint density at radius 1 is 1.18 bits per heavy atom. The van der Waals surface area contributed by atoms with Gasteiger partial charge in [-0.1, -0.05) is 0 Å². The molecule has 1 aromatic heterocycles. The standard InChI is InChI=1S/C25H33N5O4/c1-25(2,3)34-24(31)29-13-11-28(12-14-29)17-21-22(33-20-9-7-19(16-26)8-10-20)18-30(27-21)23-6-4-5-15-32-23/h7-10,18,23H,4-6,11-15,17H2,1-3H3/t23-/m1/s1. The Bertz CT molecular complexity index is 1010. The van der Waals surface area contributed by atoms with Crippen molar-refractivity contribution in [1.29, 1.82) is 5.26 Å². The molecule has 182 valence electrons. The third kappa shape index (κ3) is 6.27. The Labute approximate surface area is 200 Å². The molecule has 2 aliphatic rings. The molecule has 34 heavy (non-hydrogen) atoms. The third-order valence-electron chi connectivity index (χ3n) is 5.83. The summed E-state index contributed by atoms with van der Waals surface area (Å²) < 4.78 is 19.5. The van der Waals surface area contributed by atoms with Crippen LogP contribution in [-0.4, -0.2) is 64.1 Å². The van der Waals surface area contributed by atoms with E-state index in [0.29, 0.717) is 36.7 Å². The smallest absolute Gasteiger partial charge is 0.410 e. The maximum atomic E-state index is 12.4. The van der Waals surface area contributed by atoms with Crippen LogP contribution in [0.1, 0.15) is 57.5 Å². The van der Waals surface area contributed by atoms with Gasteiger partial charge in [0.05, 0.1) is 17.8 Å². The van der Waals surface area contributed by atoms with Gasteiger partial charge >= 0.3 is 6.09 Å². The van der Waals surface area contributed by atoms with Crippen LogP contribution in [0.4, 0.5) is 4.79 Å². The van der Waals surface area contributed by atoms with E-state index in [0.717, 1.165) is 44.7 Å². The van der Waals surface area contributed by atoms with Crippen LogP contribution in [0.5, 0.6) is 11.5 Å². The highest BCUT2D eigenvalue weighted by molar-refractivity contribution is 5.68. The molecule has 3 heterocycles. The number of carbonyl (C=O) groups is 1. The zero-order valence-corrected chi connectivity index (χ0v) is 20.2. The van der Waals surface area contributed by atoms with E-state index >= 15 is 0 Å². The quantitative estimate of drug-likeness (QED) is 0.647. The summed E-state index contributed by atoms with van der Waals surface area (Å²) in [5.74, 6) is 1.33. The molecular formula is C25H33N5O4. The van der Waals surface area contributed by atoms with Crippen LogP contribution in [0, 0.1) is 11.3 Å². The highest BCUT2D eigenvalue weighted by Gasteiger charge is 2.27. The minimum Gasteiger partial charge on any atom is -0.454 e. The fourth-order valence-corrected chi connectivity index (χ4v) is 4.04. The number of amides is 1. The van der Waals surface area contributed by atoms with Gasteiger partial charge in [0.15, 0.2) is 5.75 Å². The molecule has 2 aliphatic heterocycles. The second-order valence-electron chi connectivity index (χ2n) is 9.72.